The Labute approximate surface area is 95.9 Å². The average molecular weight is 252 g/mol. The second kappa shape index (κ2) is 4.94. The molecule has 2 N–H and O–H groups in total. The molecule has 0 bridgehead atoms. The lowest BCUT2D eigenvalue weighted by Gasteiger charge is -2.09. The van der Waals surface area contributed by atoms with E-state index in [1.165, 1.54) is 0 Å². The van der Waals surface area contributed by atoms with Crippen LogP contribution < -0.4 is 5.90 Å². The Morgan fingerprint density at radius 3 is 1.87 bits per heavy atom. The second-order valence-corrected chi connectivity index (χ2v) is 4.79. The second-order valence-electron chi connectivity index (χ2n) is 3.28. The van der Waals surface area contributed by atoms with E-state index in [0.717, 1.165) is 5.56 Å². The van der Waals surface area contributed by atoms with Crippen molar-refractivity contribution in [1.29, 1.82) is 0 Å². The average Bonchev–Trinajstić information content (AvgIpc) is 2.01. The molecule has 0 unspecified atom stereocenters. The molecule has 0 saturated carbocycles. The van der Waals surface area contributed by atoms with E-state index in [0.29, 0.717) is 11.1 Å². The van der Waals surface area contributed by atoms with Gasteiger partial charge in [-0.05, 0) is 31.9 Å². The van der Waals surface area contributed by atoms with Gasteiger partial charge in [0.25, 0.3) is 0 Å². The van der Waals surface area contributed by atoms with E-state index in [-0.39, 0.29) is 17.3 Å². The Balaban J connectivity index is 0.00000196. The van der Waals surface area contributed by atoms with Crippen molar-refractivity contribution in [3.8, 4) is 0 Å². The van der Waals surface area contributed by atoms with E-state index in [2.05, 4.69) is 4.28 Å². The maximum absolute atomic E-state index is 11.4. The molecule has 0 aliphatic carbocycles. The number of nitrogens with two attached hydrogens (primary N) is 1. The first-order valence-electron chi connectivity index (χ1n) is 4.09. The highest BCUT2D eigenvalue weighted by molar-refractivity contribution is 7.86. The SMILES string of the molecule is Cc1cc(C)c(S(=O)(=O)ON)c(C)c1.Cl. The normalized spacial score (nSPS) is 10.9. The molecule has 0 radical (unpaired) electrons. The van der Waals surface area contributed by atoms with Crippen LogP contribution in [0.5, 0.6) is 0 Å². The molecule has 1 rings (SSSR count). The van der Waals surface area contributed by atoms with Crippen LogP contribution in [0, 0.1) is 20.8 Å². The molecule has 0 spiro atoms. The standard InChI is InChI=1S/C9H13NO3S.ClH/c1-6-4-7(2)9(8(3)5-6)14(11,12)13-10;/h4-5H,10H2,1-3H3;1H. The summed E-state index contributed by atoms with van der Waals surface area (Å²) in [5.41, 5.74) is 2.30. The lowest BCUT2D eigenvalue weighted by molar-refractivity contribution is 0.332. The fraction of sp³-hybridized carbons (Fsp3) is 0.333. The van der Waals surface area contributed by atoms with E-state index >= 15 is 0 Å². The highest BCUT2D eigenvalue weighted by Crippen LogP contribution is 2.22. The van der Waals surface area contributed by atoms with Gasteiger partial charge in [-0.1, -0.05) is 17.7 Å². The molecule has 0 atom stereocenters. The predicted octanol–water partition coefficient (Wildman–Crippen LogP) is 1.61. The van der Waals surface area contributed by atoms with Crippen molar-refractivity contribution in [1.82, 2.24) is 0 Å². The lowest BCUT2D eigenvalue weighted by atomic mass is 10.1. The van der Waals surface area contributed by atoms with E-state index in [1.54, 1.807) is 26.0 Å². The molecule has 1 aromatic carbocycles. The molecular formula is C9H14ClNO3S. The Kier molecular flexibility index (Phi) is 4.73. The molecular weight excluding hydrogens is 238 g/mol. The monoisotopic (exact) mass is 251 g/mol. The van der Waals surface area contributed by atoms with Gasteiger partial charge < -0.3 is 0 Å². The maximum atomic E-state index is 11.4. The maximum Gasteiger partial charge on any atom is 0.313 e. The van der Waals surface area contributed by atoms with Gasteiger partial charge >= 0.3 is 10.1 Å². The summed E-state index contributed by atoms with van der Waals surface area (Å²) in [6, 6.07) is 3.55. The Hall–Kier alpha value is -0.620. The largest absolute Gasteiger partial charge is 0.313 e. The summed E-state index contributed by atoms with van der Waals surface area (Å²) in [7, 11) is -3.80. The van der Waals surface area contributed by atoms with Gasteiger partial charge in [-0.2, -0.15) is 18.6 Å². The summed E-state index contributed by atoms with van der Waals surface area (Å²) >= 11 is 0. The van der Waals surface area contributed by atoms with Crippen LogP contribution >= 0.6 is 12.4 Å². The van der Waals surface area contributed by atoms with Crippen LogP contribution in [0.2, 0.25) is 0 Å². The van der Waals surface area contributed by atoms with Crippen LogP contribution in [-0.2, 0) is 14.4 Å². The van der Waals surface area contributed by atoms with E-state index < -0.39 is 10.1 Å². The van der Waals surface area contributed by atoms with Gasteiger partial charge in [0, 0.05) is 0 Å². The van der Waals surface area contributed by atoms with Gasteiger partial charge in [0.05, 0.1) is 0 Å². The number of halogens is 1. The molecule has 0 saturated heterocycles. The smallest absolute Gasteiger partial charge is 0.197 e. The van der Waals surface area contributed by atoms with Crippen LogP contribution in [-0.4, -0.2) is 8.42 Å². The minimum absolute atomic E-state index is 0. The van der Waals surface area contributed by atoms with Crippen LogP contribution in [0.3, 0.4) is 0 Å². The van der Waals surface area contributed by atoms with E-state index in [4.69, 9.17) is 5.90 Å². The van der Waals surface area contributed by atoms with Crippen LogP contribution in [0.4, 0.5) is 0 Å². The van der Waals surface area contributed by atoms with Gasteiger partial charge in [0.15, 0.2) is 0 Å². The lowest BCUT2D eigenvalue weighted by Crippen LogP contribution is -2.14. The summed E-state index contributed by atoms with van der Waals surface area (Å²) in [6.07, 6.45) is 0. The molecule has 4 nitrogen and oxygen atoms in total. The van der Waals surface area contributed by atoms with Crippen molar-refractivity contribution in [2.24, 2.45) is 5.90 Å². The molecule has 0 amide bonds. The zero-order valence-corrected chi connectivity index (χ0v) is 10.4. The van der Waals surface area contributed by atoms with Crippen molar-refractivity contribution in [2.45, 2.75) is 25.7 Å². The molecule has 0 aromatic heterocycles. The molecule has 86 valence electrons. The fourth-order valence-corrected chi connectivity index (χ4v) is 2.61. The minimum atomic E-state index is -3.80. The zero-order valence-electron chi connectivity index (χ0n) is 8.77. The third-order valence-corrected chi connectivity index (χ3v) is 3.38. The summed E-state index contributed by atoms with van der Waals surface area (Å²) in [5.74, 6) is 4.73. The summed E-state index contributed by atoms with van der Waals surface area (Å²) in [6.45, 7) is 5.33. The molecule has 1 aromatic rings. The Morgan fingerprint density at radius 2 is 1.53 bits per heavy atom. The molecule has 0 heterocycles. The highest BCUT2D eigenvalue weighted by atomic mass is 35.5. The first-order chi connectivity index (χ1) is 6.38. The highest BCUT2D eigenvalue weighted by Gasteiger charge is 2.19. The van der Waals surface area contributed by atoms with Gasteiger partial charge in [0.1, 0.15) is 4.90 Å². The predicted molar refractivity (Wildman–Crippen MR) is 60.4 cm³/mol. The van der Waals surface area contributed by atoms with Crippen LogP contribution in [0.25, 0.3) is 0 Å². The summed E-state index contributed by atoms with van der Waals surface area (Å²) < 4.78 is 26.8. The fourth-order valence-electron chi connectivity index (χ4n) is 1.61. The minimum Gasteiger partial charge on any atom is -0.197 e. The molecule has 0 fully saturated rings. The van der Waals surface area contributed by atoms with Crippen LogP contribution in [0.15, 0.2) is 17.0 Å². The number of aryl methyl sites for hydroxylation is 3. The van der Waals surface area contributed by atoms with Crippen molar-refractivity contribution in [3.63, 3.8) is 0 Å². The van der Waals surface area contributed by atoms with Gasteiger partial charge in [-0.3, -0.25) is 0 Å². The zero-order chi connectivity index (χ0) is 10.9. The van der Waals surface area contributed by atoms with Crippen LogP contribution in [0.1, 0.15) is 16.7 Å². The molecule has 6 heteroatoms. The number of hydrogen-bond donors (Lipinski definition) is 1. The van der Waals surface area contributed by atoms with Gasteiger partial charge in [0.2, 0.25) is 0 Å². The van der Waals surface area contributed by atoms with Crippen molar-refractivity contribution < 1.29 is 12.7 Å². The quantitative estimate of drug-likeness (QED) is 0.811. The topological polar surface area (TPSA) is 69.4 Å². The summed E-state index contributed by atoms with van der Waals surface area (Å²) in [5, 5.41) is 0. The first kappa shape index (κ1) is 14.4. The third-order valence-electron chi connectivity index (χ3n) is 1.98. The van der Waals surface area contributed by atoms with Gasteiger partial charge in [-0.25, -0.2) is 0 Å². The number of benzene rings is 1. The van der Waals surface area contributed by atoms with Gasteiger partial charge in [-0.15, -0.1) is 12.4 Å². The molecule has 15 heavy (non-hydrogen) atoms. The van der Waals surface area contributed by atoms with E-state index in [1.807, 2.05) is 6.92 Å². The number of rotatable bonds is 2. The molecule has 0 aliphatic heterocycles. The third kappa shape index (κ3) is 2.92. The summed E-state index contributed by atoms with van der Waals surface area (Å²) in [4.78, 5) is 0.158. The van der Waals surface area contributed by atoms with Crippen molar-refractivity contribution in [2.75, 3.05) is 0 Å². The van der Waals surface area contributed by atoms with Crippen molar-refractivity contribution >= 4 is 22.5 Å². The van der Waals surface area contributed by atoms with Crippen molar-refractivity contribution in [3.05, 3.63) is 28.8 Å². The van der Waals surface area contributed by atoms with E-state index in [9.17, 15) is 8.42 Å². The number of hydrogen-bond acceptors (Lipinski definition) is 4. The first-order valence-corrected chi connectivity index (χ1v) is 5.50. The Morgan fingerprint density at radius 1 is 1.13 bits per heavy atom. The molecule has 0 aliphatic rings. The Bertz CT molecular complexity index is 433.